The van der Waals surface area contributed by atoms with Crippen molar-refractivity contribution in [3.05, 3.63) is 22.1 Å². The monoisotopic (exact) mass is 134 g/mol. The van der Waals surface area contributed by atoms with Crippen LogP contribution in [0.4, 0.5) is 0 Å². The first-order valence-electron chi connectivity index (χ1n) is 2.91. The Kier molecular flexibility index (Phi) is 1.61. The van der Waals surface area contributed by atoms with Gasteiger partial charge in [0.25, 0.3) is 5.56 Å². The number of nitrogens with zero attached hydrogens (tertiary/aromatic N) is 2. The lowest BCUT2D eigenvalue weighted by Crippen LogP contribution is -2.36. The number of hydrogen-bond donors (Lipinski definition) is 0. The molecule has 1 aromatic heterocycles. The van der Waals surface area contributed by atoms with Gasteiger partial charge in [0, 0.05) is 7.05 Å². The van der Waals surface area contributed by atoms with Crippen LogP contribution in [0.5, 0.6) is 0 Å². The molecule has 0 aromatic carbocycles. The van der Waals surface area contributed by atoms with E-state index in [-0.39, 0.29) is 11.0 Å². The van der Waals surface area contributed by atoms with Gasteiger partial charge in [-0.25, -0.2) is 4.68 Å². The summed E-state index contributed by atoms with van der Waals surface area (Å²) in [7, 11) is 6.98. The van der Waals surface area contributed by atoms with Crippen LogP contribution in [0, 0.1) is 6.92 Å². The summed E-state index contributed by atoms with van der Waals surface area (Å²) in [6, 6.07) is 0. The highest BCUT2D eigenvalue weighted by atomic mass is 16.1. The van der Waals surface area contributed by atoms with Crippen molar-refractivity contribution < 1.29 is 0 Å². The smallest absolute Gasteiger partial charge is 0.259 e. The number of rotatable bonds is 0. The third-order valence-corrected chi connectivity index (χ3v) is 1.37. The third-order valence-electron chi connectivity index (χ3n) is 1.37. The van der Waals surface area contributed by atoms with Crippen LogP contribution in [0.25, 0.3) is 0 Å². The second-order valence-corrected chi connectivity index (χ2v) is 2.17. The molecule has 0 atom stereocenters. The molecule has 4 heteroatoms. The van der Waals surface area contributed by atoms with Crippen molar-refractivity contribution in [1.82, 2.24) is 9.78 Å². The maximum Gasteiger partial charge on any atom is 0.259 e. The first-order chi connectivity index (χ1) is 4.63. The highest BCUT2D eigenvalue weighted by molar-refractivity contribution is 6.32. The maximum absolute atomic E-state index is 11.0. The minimum absolute atomic E-state index is 0.236. The Morgan fingerprint density at radius 1 is 1.70 bits per heavy atom. The van der Waals surface area contributed by atoms with Crippen LogP contribution in [0.2, 0.25) is 0 Å². The van der Waals surface area contributed by atoms with E-state index in [0.29, 0.717) is 0 Å². The molecule has 0 saturated heterocycles. The zero-order chi connectivity index (χ0) is 7.72. The van der Waals surface area contributed by atoms with Gasteiger partial charge in [0.2, 0.25) is 0 Å². The van der Waals surface area contributed by atoms with Gasteiger partial charge in [-0.15, -0.1) is 0 Å². The van der Waals surface area contributed by atoms with Gasteiger partial charge in [-0.1, -0.05) is 0 Å². The normalized spacial score (nSPS) is 9.80. The maximum atomic E-state index is 11.0. The molecule has 0 N–H and O–H groups in total. The summed E-state index contributed by atoms with van der Waals surface area (Å²) in [6.07, 6.45) is 1.57. The quantitative estimate of drug-likeness (QED) is 0.421. The summed E-state index contributed by atoms with van der Waals surface area (Å²) in [6.45, 7) is 1.75. The molecule has 1 heterocycles. The summed E-state index contributed by atoms with van der Waals surface area (Å²) in [5.41, 5.74) is 0.764. The molecule has 10 heavy (non-hydrogen) atoms. The van der Waals surface area contributed by atoms with Crippen LogP contribution in [-0.4, -0.2) is 17.6 Å². The Balaban J connectivity index is 3.50. The fourth-order valence-corrected chi connectivity index (χ4v) is 0.638. The SMILES string of the molecule is [B]c1c(C)cnn(C)c1=O. The molecule has 0 aliphatic rings. The molecule has 0 fully saturated rings. The molecule has 0 saturated carbocycles. The lowest BCUT2D eigenvalue weighted by atomic mass is 9.94. The van der Waals surface area contributed by atoms with Crippen molar-refractivity contribution in [2.45, 2.75) is 6.92 Å². The van der Waals surface area contributed by atoms with Crippen LogP contribution in [0.1, 0.15) is 5.56 Å². The second kappa shape index (κ2) is 2.29. The van der Waals surface area contributed by atoms with E-state index >= 15 is 0 Å². The molecule has 3 nitrogen and oxygen atoms in total. The average molecular weight is 134 g/mol. The molecule has 50 valence electrons. The van der Waals surface area contributed by atoms with Crippen molar-refractivity contribution in [2.24, 2.45) is 7.05 Å². The molecular formula is C6H7BN2O. The fourth-order valence-electron chi connectivity index (χ4n) is 0.638. The van der Waals surface area contributed by atoms with Crippen LogP contribution >= 0.6 is 0 Å². The van der Waals surface area contributed by atoms with Gasteiger partial charge in [0.1, 0.15) is 7.85 Å². The molecule has 0 amide bonds. The highest BCUT2D eigenvalue weighted by Gasteiger charge is 1.97. The standard InChI is InChI=1S/C6H7BN2O/c1-4-3-8-9(2)6(10)5(4)7/h3H,1-2H3. The summed E-state index contributed by atoms with van der Waals surface area (Å²) >= 11 is 0. The molecule has 0 aliphatic heterocycles. The van der Waals surface area contributed by atoms with Crippen LogP contribution in [0.15, 0.2) is 11.0 Å². The van der Waals surface area contributed by atoms with E-state index in [9.17, 15) is 4.79 Å². The lowest BCUT2D eigenvalue weighted by Gasteiger charge is -1.99. The average Bonchev–Trinajstić information content (AvgIpc) is 1.93. The Hall–Kier alpha value is -1.06. The molecule has 0 aliphatic carbocycles. The van der Waals surface area contributed by atoms with E-state index in [1.165, 1.54) is 4.68 Å². The van der Waals surface area contributed by atoms with Crippen molar-refractivity contribution in [3.8, 4) is 0 Å². The Labute approximate surface area is 60.1 Å². The first-order valence-corrected chi connectivity index (χ1v) is 2.91. The van der Waals surface area contributed by atoms with Crippen molar-refractivity contribution in [2.75, 3.05) is 0 Å². The van der Waals surface area contributed by atoms with Gasteiger partial charge in [-0.2, -0.15) is 5.10 Å². The van der Waals surface area contributed by atoms with Gasteiger partial charge in [0.05, 0.1) is 6.20 Å². The zero-order valence-corrected chi connectivity index (χ0v) is 5.96. The second-order valence-electron chi connectivity index (χ2n) is 2.17. The molecule has 0 bridgehead atoms. The topological polar surface area (TPSA) is 34.9 Å². The largest absolute Gasteiger partial charge is 0.269 e. The minimum atomic E-state index is -0.236. The minimum Gasteiger partial charge on any atom is -0.269 e. The van der Waals surface area contributed by atoms with Gasteiger partial charge in [-0.3, -0.25) is 4.79 Å². The van der Waals surface area contributed by atoms with Crippen molar-refractivity contribution >= 4 is 13.3 Å². The third kappa shape index (κ3) is 0.965. The summed E-state index contributed by atoms with van der Waals surface area (Å²) < 4.78 is 1.21. The molecule has 1 aromatic rings. The first kappa shape index (κ1) is 7.06. The predicted molar refractivity (Wildman–Crippen MR) is 39.6 cm³/mol. The number of hydrogen-bond acceptors (Lipinski definition) is 2. The van der Waals surface area contributed by atoms with Crippen LogP contribution < -0.4 is 11.0 Å². The molecule has 2 radical (unpaired) electrons. The Bertz CT molecular complexity index is 305. The van der Waals surface area contributed by atoms with E-state index in [1.807, 2.05) is 0 Å². The van der Waals surface area contributed by atoms with E-state index in [1.54, 1.807) is 20.2 Å². The van der Waals surface area contributed by atoms with Gasteiger partial charge >= 0.3 is 0 Å². The molecular weight excluding hydrogens is 127 g/mol. The van der Waals surface area contributed by atoms with Gasteiger partial charge < -0.3 is 0 Å². The van der Waals surface area contributed by atoms with Crippen molar-refractivity contribution in [3.63, 3.8) is 0 Å². The molecule has 0 spiro atoms. The highest BCUT2D eigenvalue weighted by Crippen LogP contribution is 1.79. The fraction of sp³-hybridized carbons (Fsp3) is 0.333. The molecule has 0 unspecified atom stereocenters. The summed E-state index contributed by atoms with van der Waals surface area (Å²) in [4.78, 5) is 11.0. The summed E-state index contributed by atoms with van der Waals surface area (Å²) in [5, 5.41) is 3.76. The van der Waals surface area contributed by atoms with Crippen molar-refractivity contribution in [1.29, 1.82) is 0 Å². The van der Waals surface area contributed by atoms with Crippen LogP contribution in [0.3, 0.4) is 0 Å². The van der Waals surface area contributed by atoms with E-state index in [2.05, 4.69) is 5.10 Å². The van der Waals surface area contributed by atoms with Crippen LogP contribution in [-0.2, 0) is 7.05 Å². The van der Waals surface area contributed by atoms with E-state index in [0.717, 1.165) is 5.56 Å². The number of aromatic nitrogens is 2. The lowest BCUT2D eigenvalue weighted by molar-refractivity contribution is 0.709. The summed E-state index contributed by atoms with van der Waals surface area (Å²) in [5.74, 6) is 0. The van der Waals surface area contributed by atoms with E-state index < -0.39 is 0 Å². The van der Waals surface area contributed by atoms with Gasteiger partial charge in [-0.05, 0) is 17.9 Å². The zero-order valence-electron chi connectivity index (χ0n) is 5.96. The van der Waals surface area contributed by atoms with Gasteiger partial charge in [0.15, 0.2) is 0 Å². The molecule has 1 rings (SSSR count). The Morgan fingerprint density at radius 2 is 2.30 bits per heavy atom. The van der Waals surface area contributed by atoms with E-state index in [4.69, 9.17) is 7.85 Å². The predicted octanol–water partition coefficient (Wildman–Crippen LogP) is -1.12. The number of aryl methyl sites for hydroxylation is 2. The Morgan fingerprint density at radius 3 is 2.80 bits per heavy atom.